The van der Waals surface area contributed by atoms with E-state index in [1.807, 2.05) is 89.5 Å². The zero-order chi connectivity index (χ0) is 42.0. The summed E-state index contributed by atoms with van der Waals surface area (Å²) in [5, 5.41) is 12.3. The number of amides is 1. The quantitative estimate of drug-likeness (QED) is 0.0555. The maximum Gasteiger partial charge on any atom is 0.259 e. The number of aromatic nitrogens is 4. The van der Waals surface area contributed by atoms with Crippen molar-refractivity contribution in [3.8, 4) is 17.6 Å². The number of hydrogen-bond acceptors (Lipinski definition) is 13. The van der Waals surface area contributed by atoms with Crippen LogP contribution in [0.3, 0.4) is 0 Å². The molecule has 8 rings (SSSR count). The largest absolute Gasteiger partial charge is 0.497 e. The number of methoxy groups -OCH3 is 2. The van der Waals surface area contributed by atoms with Gasteiger partial charge in [0.1, 0.15) is 35.8 Å². The number of carbonyl (C=O) groups excluding carboxylic acids is 1. The molecule has 15 nitrogen and oxygen atoms in total. The third-order valence-electron chi connectivity index (χ3n) is 10.6. The molecule has 4 atom stereocenters. The lowest BCUT2D eigenvalue weighted by Crippen LogP contribution is -2.39. The van der Waals surface area contributed by atoms with Gasteiger partial charge in [-0.05, 0) is 53.1 Å². The molecule has 6 aromatic rings. The fraction of sp³-hybridized carbons (Fsp3) is 0.311. The van der Waals surface area contributed by atoms with Crippen LogP contribution in [-0.2, 0) is 28.9 Å². The van der Waals surface area contributed by atoms with Gasteiger partial charge in [-0.2, -0.15) is 5.26 Å². The SMILES string of the molecule is COc1ccc(C(OC[C@H]2O[C@@H](n3cnc4c(NC(=O)c5ccccc5)ncnc43)C[C@@H]2OP(OCCC#N)N2CCOCC2)(c2ccccc2)c2ccc(OC)cc2)cc1. The van der Waals surface area contributed by atoms with Crippen molar-refractivity contribution in [2.24, 2.45) is 0 Å². The molecule has 0 radical (unpaired) electrons. The summed E-state index contributed by atoms with van der Waals surface area (Å²) in [5.41, 5.74) is 2.88. The number of imidazole rings is 1. The van der Waals surface area contributed by atoms with Gasteiger partial charge in [-0.25, -0.2) is 19.6 Å². The molecule has 0 spiro atoms. The summed E-state index contributed by atoms with van der Waals surface area (Å²) >= 11 is 0. The summed E-state index contributed by atoms with van der Waals surface area (Å²) < 4.78 is 48.3. The molecule has 2 aromatic heterocycles. The topological polar surface area (TPSA) is 164 Å². The molecule has 2 saturated heterocycles. The molecule has 2 aliphatic heterocycles. The molecule has 314 valence electrons. The first-order chi connectivity index (χ1) is 30.0. The van der Waals surface area contributed by atoms with Gasteiger partial charge in [0, 0.05) is 25.1 Å². The van der Waals surface area contributed by atoms with Crippen molar-refractivity contribution in [1.29, 1.82) is 5.26 Å². The number of benzene rings is 4. The third-order valence-corrected chi connectivity index (χ3v) is 12.3. The van der Waals surface area contributed by atoms with E-state index in [1.54, 1.807) is 44.8 Å². The molecule has 0 bridgehead atoms. The Kier molecular flexibility index (Phi) is 13.5. The maximum atomic E-state index is 13.1. The Morgan fingerprint density at radius 3 is 2.15 bits per heavy atom. The Hall–Kier alpha value is -5.82. The molecule has 2 aliphatic rings. The molecule has 1 amide bonds. The standard InChI is InChI=1S/C45H46N7O8P/c1-54-36-18-14-34(15-19-36)45(33-12-7-4-8-13-33,35-16-20-37(55-2)21-17-35)57-29-39-38(60-61(58-25-9-22-46)51-23-26-56-27-24-51)28-40(59-39)52-31-49-41-42(47-30-48-43(41)52)50-44(53)32-10-5-3-6-11-32/h3-8,10-21,30-31,38-40H,9,23-29H2,1-2H3,(H,47,48,50,53)/t38-,39+,40+,61?/m0/s1. The van der Waals surface area contributed by atoms with E-state index in [2.05, 4.69) is 31.0 Å². The van der Waals surface area contributed by atoms with E-state index in [-0.39, 0.29) is 31.4 Å². The van der Waals surface area contributed by atoms with E-state index in [4.69, 9.17) is 32.7 Å². The molecular weight excluding hydrogens is 798 g/mol. The lowest BCUT2D eigenvalue weighted by Gasteiger charge is -2.38. The first kappa shape index (κ1) is 41.9. The molecule has 2 fully saturated rings. The summed E-state index contributed by atoms with van der Waals surface area (Å²) in [7, 11) is 1.66. The Balaban J connectivity index is 1.16. The van der Waals surface area contributed by atoms with Crippen LogP contribution in [0.15, 0.2) is 122 Å². The molecule has 4 heterocycles. The van der Waals surface area contributed by atoms with E-state index < -0.39 is 32.6 Å². The lowest BCUT2D eigenvalue weighted by atomic mass is 9.80. The summed E-state index contributed by atoms with van der Waals surface area (Å²) in [6.07, 6.45) is 1.84. The second-order valence-electron chi connectivity index (χ2n) is 14.2. The summed E-state index contributed by atoms with van der Waals surface area (Å²) in [5.74, 6) is 1.38. The first-order valence-electron chi connectivity index (χ1n) is 20.0. The van der Waals surface area contributed by atoms with Gasteiger partial charge in [0.05, 0.1) is 65.6 Å². The van der Waals surface area contributed by atoms with Crippen molar-refractivity contribution in [2.45, 2.75) is 36.9 Å². The smallest absolute Gasteiger partial charge is 0.259 e. The van der Waals surface area contributed by atoms with Crippen LogP contribution in [0.4, 0.5) is 5.82 Å². The van der Waals surface area contributed by atoms with E-state index in [0.717, 1.165) is 16.7 Å². The number of nitrogens with one attached hydrogen (secondary N) is 1. The number of ether oxygens (including phenoxy) is 5. The van der Waals surface area contributed by atoms with Crippen LogP contribution in [-0.4, -0.2) is 96.0 Å². The highest BCUT2D eigenvalue weighted by Crippen LogP contribution is 2.49. The second-order valence-corrected chi connectivity index (χ2v) is 15.7. The van der Waals surface area contributed by atoms with E-state index in [1.165, 1.54) is 6.33 Å². The predicted octanol–water partition coefficient (Wildman–Crippen LogP) is 7.27. The Morgan fingerprint density at radius 1 is 0.869 bits per heavy atom. The predicted molar refractivity (Wildman–Crippen MR) is 227 cm³/mol. The number of anilines is 1. The van der Waals surface area contributed by atoms with Gasteiger partial charge in [0.15, 0.2) is 17.0 Å². The van der Waals surface area contributed by atoms with Gasteiger partial charge in [-0.15, -0.1) is 0 Å². The number of morpholine rings is 1. The van der Waals surface area contributed by atoms with Gasteiger partial charge in [0.2, 0.25) is 0 Å². The van der Waals surface area contributed by atoms with Crippen molar-refractivity contribution < 1.29 is 37.5 Å². The van der Waals surface area contributed by atoms with Crippen LogP contribution in [0.5, 0.6) is 11.5 Å². The Morgan fingerprint density at radius 2 is 1.51 bits per heavy atom. The summed E-state index contributed by atoms with van der Waals surface area (Å²) in [6.45, 7) is 2.59. The van der Waals surface area contributed by atoms with Gasteiger partial charge in [-0.3, -0.25) is 9.36 Å². The number of nitrogens with zero attached hydrogens (tertiary/aromatic N) is 6. The van der Waals surface area contributed by atoms with E-state index in [0.29, 0.717) is 61.0 Å². The van der Waals surface area contributed by atoms with Gasteiger partial charge >= 0.3 is 0 Å². The van der Waals surface area contributed by atoms with Gasteiger partial charge in [0.25, 0.3) is 14.4 Å². The van der Waals surface area contributed by atoms with Crippen molar-refractivity contribution >= 4 is 31.4 Å². The van der Waals surface area contributed by atoms with Crippen molar-refractivity contribution in [3.63, 3.8) is 0 Å². The maximum absolute atomic E-state index is 13.1. The highest BCUT2D eigenvalue weighted by molar-refractivity contribution is 7.44. The highest BCUT2D eigenvalue weighted by Gasteiger charge is 2.45. The first-order valence-corrected chi connectivity index (χ1v) is 21.1. The number of hydrogen-bond donors (Lipinski definition) is 1. The van der Waals surface area contributed by atoms with Gasteiger partial charge < -0.3 is 38.0 Å². The van der Waals surface area contributed by atoms with Crippen molar-refractivity contribution in [3.05, 3.63) is 144 Å². The summed E-state index contributed by atoms with van der Waals surface area (Å²) in [6, 6.07) is 36.8. The lowest BCUT2D eigenvalue weighted by molar-refractivity contribution is -0.0912. The van der Waals surface area contributed by atoms with Crippen molar-refractivity contribution in [2.75, 3.05) is 59.1 Å². The minimum Gasteiger partial charge on any atom is -0.497 e. The second kappa shape index (κ2) is 19.7. The van der Waals surface area contributed by atoms with Crippen LogP contribution in [0.25, 0.3) is 11.2 Å². The van der Waals surface area contributed by atoms with Crippen LogP contribution in [0.2, 0.25) is 0 Å². The van der Waals surface area contributed by atoms with E-state index in [9.17, 15) is 10.1 Å². The Bertz CT molecular complexity index is 2350. The molecule has 4 aromatic carbocycles. The monoisotopic (exact) mass is 843 g/mol. The van der Waals surface area contributed by atoms with Gasteiger partial charge in [-0.1, -0.05) is 72.8 Å². The summed E-state index contributed by atoms with van der Waals surface area (Å²) in [4.78, 5) is 26.7. The van der Waals surface area contributed by atoms with Crippen LogP contribution in [0.1, 0.15) is 46.1 Å². The van der Waals surface area contributed by atoms with Crippen LogP contribution in [0, 0.1) is 11.3 Å². The molecule has 0 saturated carbocycles. The number of carbonyl (C=O) groups is 1. The number of fused-ring (bicyclic) bond motifs is 1. The fourth-order valence-electron chi connectivity index (χ4n) is 7.52. The average molecular weight is 844 g/mol. The normalized spacial score (nSPS) is 18.7. The fourth-order valence-corrected chi connectivity index (χ4v) is 9.07. The minimum absolute atomic E-state index is 0.0819. The number of nitriles is 1. The third kappa shape index (κ3) is 9.27. The Labute approximate surface area is 355 Å². The zero-order valence-corrected chi connectivity index (χ0v) is 34.7. The minimum atomic E-state index is -1.62. The van der Waals surface area contributed by atoms with Crippen LogP contribution >= 0.6 is 8.53 Å². The molecule has 16 heteroatoms. The molecule has 61 heavy (non-hydrogen) atoms. The average Bonchev–Trinajstić information content (AvgIpc) is 3.95. The van der Waals surface area contributed by atoms with E-state index >= 15 is 0 Å². The molecular formula is C45H46N7O8P. The molecule has 1 N–H and O–H groups in total. The zero-order valence-electron chi connectivity index (χ0n) is 33.8. The highest BCUT2D eigenvalue weighted by atomic mass is 31.2. The van der Waals surface area contributed by atoms with Crippen molar-refractivity contribution in [1.82, 2.24) is 24.2 Å². The molecule has 1 unspecified atom stereocenters. The van der Waals surface area contributed by atoms with Crippen LogP contribution < -0.4 is 14.8 Å². The molecule has 0 aliphatic carbocycles. The number of rotatable bonds is 17.